The Morgan fingerprint density at radius 2 is 1.66 bits per heavy atom. The summed E-state index contributed by atoms with van der Waals surface area (Å²) < 4.78 is 78.7. The molecule has 0 unspecified atom stereocenters. The molecule has 29 heavy (non-hydrogen) atoms. The number of H-pyrrole nitrogens is 1. The average molecular weight is 435 g/mol. The summed E-state index contributed by atoms with van der Waals surface area (Å²) >= 11 is 6.04. The van der Waals surface area contributed by atoms with Gasteiger partial charge in [0, 0.05) is 28.2 Å². The summed E-state index contributed by atoms with van der Waals surface area (Å²) in [5.41, 5.74) is -0.862. The molecule has 1 atom stereocenters. The van der Waals surface area contributed by atoms with Crippen molar-refractivity contribution in [2.75, 3.05) is 11.4 Å². The maximum Gasteiger partial charge on any atom is 0.433 e. The standard InChI is InChI=1S/C18H13ClF6N4/c1-8-15-10(11-6-9(19)2-3-12(11)26-15)4-5-29(8)16-27-13(17(20,21)22)7-14(28-16)18(23,24)25/h2-3,6-8,26H,4-5H2,1H3/t8-/m0/s1. The minimum atomic E-state index is -5.03. The molecule has 154 valence electrons. The van der Waals surface area contributed by atoms with Crippen LogP contribution in [-0.2, 0) is 18.8 Å². The number of aromatic amines is 1. The van der Waals surface area contributed by atoms with Crippen LogP contribution in [0.5, 0.6) is 0 Å². The van der Waals surface area contributed by atoms with Gasteiger partial charge in [0.15, 0.2) is 11.4 Å². The lowest BCUT2D eigenvalue weighted by Crippen LogP contribution is -2.36. The van der Waals surface area contributed by atoms with E-state index in [1.807, 2.05) is 0 Å². The zero-order valence-corrected chi connectivity index (χ0v) is 15.5. The van der Waals surface area contributed by atoms with Gasteiger partial charge in [0.05, 0.1) is 6.04 Å². The Morgan fingerprint density at radius 3 is 2.24 bits per heavy atom. The van der Waals surface area contributed by atoms with Crippen molar-refractivity contribution in [2.24, 2.45) is 0 Å². The molecule has 0 saturated carbocycles. The highest BCUT2D eigenvalue weighted by Gasteiger charge is 2.41. The molecule has 0 radical (unpaired) electrons. The van der Waals surface area contributed by atoms with Gasteiger partial charge in [-0.3, -0.25) is 0 Å². The topological polar surface area (TPSA) is 44.8 Å². The Labute approximate surface area is 165 Å². The maximum absolute atomic E-state index is 13.1. The largest absolute Gasteiger partial charge is 0.433 e. The maximum atomic E-state index is 13.1. The molecule has 3 aromatic rings. The Hall–Kier alpha value is -2.49. The molecule has 2 aromatic heterocycles. The predicted molar refractivity (Wildman–Crippen MR) is 94.8 cm³/mol. The molecule has 0 fully saturated rings. The summed E-state index contributed by atoms with van der Waals surface area (Å²) in [7, 11) is 0. The summed E-state index contributed by atoms with van der Waals surface area (Å²) in [6.07, 6.45) is -9.67. The van der Waals surface area contributed by atoms with Crippen molar-refractivity contribution in [3.8, 4) is 0 Å². The van der Waals surface area contributed by atoms with Crippen LogP contribution in [0.1, 0.15) is 35.6 Å². The van der Waals surface area contributed by atoms with Crippen molar-refractivity contribution in [3.63, 3.8) is 0 Å². The van der Waals surface area contributed by atoms with Gasteiger partial charge in [0.1, 0.15) is 0 Å². The highest BCUT2D eigenvalue weighted by Crippen LogP contribution is 2.39. The van der Waals surface area contributed by atoms with Gasteiger partial charge >= 0.3 is 12.4 Å². The van der Waals surface area contributed by atoms with E-state index in [0.29, 0.717) is 17.1 Å². The van der Waals surface area contributed by atoms with Gasteiger partial charge in [0.2, 0.25) is 5.95 Å². The van der Waals surface area contributed by atoms with Crippen LogP contribution < -0.4 is 4.90 Å². The number of rotatable bonds is 1. The molecule has 4 rings (SSSR count). The first-order chi connectivity index (χ1) is 13.4. The number of nitrogens with zero attached hydrogens (tertiary/aromatic N) is 3. The van der Waals surface area contributed by atoms with Gasteiger partial charge < -0.3 is 9.88 Å². The van der Waals surface area contributed by atoms with Gasteiger partial charge in [0.25, 0.3) is 0 Å². The van der Waals surface area contributed by atoms with E-state index in [-0.39, 0.29) is 12.6 Å². The van der Waals surface area contributed by atoms with Gasteiger partial charge in [-0.1, -0.05) is 11.6 Å². The third-order valence-corrected chi connectivity index (χ3v) is 5.18. The fourth-order valence-corrected chi connectivity index (χ4v) is 3.75. The lowest BCUT2D eigenvalue weighted by molar-refractivity contribution is -0.147. The first kappa shape index (κ1) is 19.8. The first-order valence-corrected chi connectivity index (χ1v) is 8.93. The van der Waals surface area contributed by atoms with Crippen LogP contribution >= 0.6 is 11.6 Å². The van der Waals surface area contributed by atoms with Gasteiger partial charge in [-0.05, 0) is 43.2 Å². The average Bonchev–Trinajstić information content (AvgIpc) is 2.99. The Kier molecular flexibility index (Phi) is 4.45. The number of halogens is 7. The molecule has 0 saturated heterocycles. The number of hydrogen-bond acceptors (Lipinski definition) is 3. The van der Waals surface area contributed by atoms with Crippen molar-refractivity contribution in [2.45, 2.75) is 31.7 Å². The Balaban J connectivity index is 1.81. The minimum Gasteiger partial charge on any atom is -0.356 e. The summed E-state index contributed by atoms with van der Waals surface area (Å²) in [5, 5.41) is 1.41. The molecule has 0 amide bonds. The molecule has 1 aliphatic rings. The fraction of sp³-hybridized carbons (Fsp3) is 0.333. The van der Waals surface area contributed by atoms with Gasteiger partial charge in [-0.25, -0.2) is 9.97 Å². The smallest absolute Gasteiger partial charge is 0.356 e. The van der Waals surface area contributed by atoms with E-state index >= 15 is 0 Å². The highest BCUT2D eigenvalue weighted by atomic mass is 35.5. The molecule has 1 aromatic carbocycles. The van der Waals surface area contributed by atoms with Crippen molar-refractivity contribution < 1.29 is 26.3 Å². The summed E-state index contributed by atoms with van der Waals surface area (Å²) in [6.45, 7) is 1.83. The van der Waals surface area contributed by atoms with E-state index in [1.165, 1.54) is 4.90 Å². The molecule has 1 N–H and O–H groups in total. The van der Waals surface area contributed by atoms with Crippen LogP contribution in [0, 0.1) is 0 Å². The van der Waals surface area contributed by atoms with Gasteiger partial charge in [-0.2, -0.15) is 26.3 Å². The second-order valence-corrected chi connectivity index (χ2v) is 7.20. The zero-order valence-electron chi connectivity index (χ0n) is 14.8. The molecule has 0 bridgehead atoms. The summed E-state index contributed by atoms with van der Waals surface area (Å²) in [5.74, 6) is -0.609. The number of fused-ring (bicyclic) bond motifs is 3. The van der Waals surface area contributed by atoms with Crippen LogP contribution in [-0.4, -0.2) is 21.5 Å². The number of aromatic nitrogens is 3. The van der Waals surface area contributed by atoms with Crippen molar-refractivity contribution in [3.05, 3.63) is 51.9 Å². The van der Waals surface area contributed by atoms with E-state index in [0.717, 1.165) is 16.5 Å². The molecular formula is C18H13ClF6N4. The normalized spacial score (nSPS) is 17.7. The van der Waals surface area contributed by atoms with Gasteiger partial charge in [-0.15, -0.1) is 0 Å². The number of nitrogens with one attached hydrogen (secondary N) is 1. The van der Waals surface area contributed by atoms with Crippen LogP contribution in [0.25, 0.3) is 10.9 Å². The molecule has 1 aliphatic heterocycles. The highest BCUT2D eigenvalue weighted by molar-refractivity contribution is 6.31. The van der Waals surface area contributed by atoms with E-state index in [4.69, 9.17) is 11.6 Å². The zero-order chi connectivity index (χ0) is 21.1. The summed E-state index contributed by atoms with van der Waals surface area (Å²) in [6, 6.07) is 4.61. The summed E-state index contributed by atoms with van der Waals surface area (Å²) in [4.78, 5) is 11.3. The second kappa shape index (κ2) is 6.51. The lowest BCUT2D eigenvalue weighted by Gasteiger charge is -2.34. The van der Waals surface area contributed by atoms with E-state index in [1.54, 1.807) is 25.1 Å². The Bertz CT molecular complexity index is 1060. The molecular weight excluding hydrogens is 422 g/mol. The molecule has 3 heterocycles. The molecule has 11 heteroatoms. The fourth-order valence-electron chi connectivity index (χ4n) is 3.58. The van der Waals surface area contributed by atoms with E-state index in [9.17, 15) is 26.3 Å². The molecule has 4 nitrogen and oxygen atoms in total. The van der Waals surface area contributed by atoms with Crippen molar-refractivity contribution in [1.82, 2.24) is 15.0 Å². The van der Waals surface area contributed by atoms with Crippen molar-refractivity contribution >= 4 is 28.5 Å². The van der Waals surface area contributed by atoms with E-state index < -0.39 is 35.7 Å². The molecule has 0 aliphatic carbocycles. The van der Waals surface area contributed by atoms with Crippen LogP contribution in [0.4, 0.5) is 32.3 Å². The number of hydrogen-bond donors (Lipinski definition) is 1. The quantitative estimate of drug-likeness (QED) is 0.494. The van der Waals surface area contributed by atoms with Crippen LogP contribution in [0.2, 0.25) is 5.02 Å². The minimum absolute atomic E-state index is 0.0749. The van der Waals surface area contributed by atoms with E-state index in [2.05, 4.69) is 15.0 Å². The number of benzene rings is 1. The second-order valence-electron chi connectivity index (χ2n) is 6.76. The predicted octanol–water partition coefficient (Wildman–Crippen LogP) is 5.77. The number of alkyl halides is 6. The first-order valence-electron chi connectivity index (χ1n) is 8.55. The number of anilines is 1. The monoisotopic (exact) mass is 434 g/mol. The third-order valence-electron chi connectivity index (χ3n) is 4.94. The van der Waals surface area contributed by atoms with Crippen LogP contribution in [0.15, 0.2) is 24.3 Å². The van der Waals surface area contributed by atoms with Crippen molar-refractivity contribution in [1.29, 1.82) is 0 Å². The van der Waals surface area contributed by atoms with Crippen LogP contribution in [0.3, 0.4) is 0 Å². The third kappa shape index (κ3) is 3.50. The SMILES string of the molecule is C[C@H]1c2[nH]c3ccc(Cl)cc3c2CCN1c1nc(C(F)(F)F)cc(C(F)(F)F)n1. The lowest BCUT2D eigenvalue weighted by atomic mass is 9.98. The molecule has 0 spiro atoms. The Morgan fingerprint density at radius 1 is 1.03 bits per heavy atom.